The molecule has 0 aliphatic carbocycles. The Morgan fingerprint density at radius 3 is 2.83 bits per heavy atom. The van der Waals surface area contributed by atoms with E-state index in [0.717, 1.165) is 5.69 Å². The monoisotopic (exact) mass is 331 g/mol. The van der Waals surface area contributed by atoms with Gasteiger partial charge in [-0.3, -0.25) is 9.48 Å². The Bertz CT molecular complexity index is 742. The predicted octanol–water partition coefficient (Wildman–Crippen LogP) is 2.60. The number of carbonyl (C=O) groups is 1. The molecular formula is C17H22FN5O. The Morgan fingerprint density at radius 1 is 1.38 bits per heavy atom. The number of nitrogens with one attached hydrogen (secondary N) is 2. The van der Waals surface area contributed by atoms with Crippen LogP contribution >= 0.6 is 0 Å². The van der Waals surface area contributed by atoms with Gasteiger partial charge in [0, 0.05) is 25.8 Å². The van der Waals surface area contributed by atoms with E-state index in [1.807, 2.05) is 27.0 Å². The van der Waals surface area contributed by atoms with E-state index in [-0.39, 0.29) is 17.8 Å². The number of halogens is 1. The molecule has 1 amide bonds. The summed E-state index contributed by atoms with van der Waals surface area (Å²) >= 11 is 0. The Hall–Kier alpha value is -2.57. The normalized spacial score (nSPS) is 17.6. The fraction of sp³-hybridized carbons (Fsp3) is 0.412. The Balaban J connectivity index is 1.79. The van der Waals surface area contributed by atoms with Gasteiger partial charge in [-0.15, -0.1) is 0 Å². The number of amides is 1. The van der Waals surface area contributed by atoms with Crippen molar-refractivity contribution in [3.63, 3.8) is 0 Å². The van der Waals surface area contributed by atoms with Crippen molar-refractivity contribution < 1.29 is 9.18 Å². The van der Waals surface area contributed by atoms with E-state index >= 15 is 0 Å². The standard InChI is InChI=1S/C17H22FN5O/c1-11(2)20-14-6-4-5-13(18)16(14)21-15-7-8-23(17(15)24)12-9-19-22(3)10-12/h4-6,9-11,15,20-21H,7-8H2,1-3H3. The zero-order valence-corrected chi connectivity index (χ0v) is 14.1. The van der Waals surface area contributed by atoms with Crippen LogP contribution in [0.25, 0.3) is 0 Å². The predicted molar refractivity (Wildman–Crippen MR) is 92.7 cm³/mol. The summed E-state index contributed by atoms with van der Waals surface area (Å²) in [6.07, 6.45) is 4.08. The maximum Gasteiger partial charge on any atom is 0.249 e. The Morgan fingerprint density at radius 2 is 2.17 bits per heavy atom. The van der Waals surface area contributed by atoms with Gasteiger partial charge in [0.05, 0.1) is 23.3 Å². The second-order valence-electron chi connectivity index (χ2n) is 6.31. The van der Waals surface area contributed by atoms with Crippen molar-refractivity contribution in [1.82, 2.24) is 9.78 Å². The minimum absolute atomic E-state index is 0.0678. The van der Waals surface area contributed by atoms with Crippen LogP contribution in [0.2, 0.25) is 0 Å². The zero-order valence-electron chi connectivity index (χ0n) is 14.1. The minimum atomic E-state index is -0.449. The summed E-state index contributed by atoms with van der Waals surface area (Å²) in [6.45, 7) is 4.56. The van der Waals surface area contributed by atoms with E-state index < -0.39 is 6.04 Å². The van der Waals surface area contributed by atoms with Crippen LogP contribution in [0.5, 0.6) is 0 Å². The molecule has 1 aromatic carbocycles. The molecule has 2 aromatic rings. The molecule has 2 heterocycles. The number of hydrogen-bond acceptors (Lipinski definition) is 4. The van der Waals surface area contributed by atoms with Gasteiger partial charge in [-0.05, 0) is 32.4 Å². The summed E-state index contributed by atoms with van der Waals surface area (Å²) in [4.78, 5) is 14.3. The third kappa shape index (κ3) is 3.20. The van der Waals surface area contributed by atoms with Crippen molar-refractivity contribution in [3.8, 4) is 0 Å². The van der Waals surface area contributed by atoms with Gasteiger partial charge >= 0.3 is 0 Å². The molecule has 2 N–H and O–H groups in total. The second-order valence-corrected chi connectivity index (χ2v) is 6.31. The molecule has 1 aliphatic rings. The smallest absolute Gasteiger partial charge is 0.249 e. The first-order chi connectivity index (χ1) is 11.5. The molecule has 1 aromatic heterocycles. The Labute approximate surface area is 140 Å². The van der Waals surface area contributed by atoms with Gasteiger partial charge in [-0.2, -0.15) is 5.10 Å². The third-order valence-corrected chi connectivity index (χ3v) is 3.98. The molecule has 6 nitrogen and oxygen atoms in total. The van der Waals surface area contributed by atoms with E-state index in [0.29, 0.717) is 24.3 Å². The van der Waals surface area contributed by atoms with E-state index in [4.69, 9.17) is 0 Å². The first-order valence-corrected chi connectivity index (χ1v) is 8.07. The second kappa shape index (κ2) is 6.51. The fourth-order valence-corrected chi connectivity index (χ4v) is 2.89. The van der Waals surface area contributed by atoms with Crippen LogP contribution in [-0.4, -0.2) is 34.3 Å². The van der Waals surface area contributed by atoms with Crippen LogP contribution in [0.1, 0.15) is 20.3 Å². The first-order valence-electron chi connectivity index (χ1n) is 8.07. The number of nitrogens with zero attached hydrogens (tertiary/aromatic N) is 3. The van der Waals surface area contributed by atoms with Gasteiger partial charge in [0.25, 0.3) is 0 Å². The summed E-state index contributed by atoms with van der Waals surface area (Å²) in [7, 11) is 1.81. The summed E-state index contributed by atoms with van der Waals surface area (Å²) < 4.78 is 15.9. The van der Waals surface area contributed by atoms with Crippen molar-refractivity contribution in [3.05, 3.63) is 36.4 Å². The molecule has 0 radical (unpaired) electrons. The highest BCUT2D eigenvalue weighted by molar-refractivity contribution is 6.01. The molecule has 3 rings (SSSR count). The van der Waals surface area contributed by atoms with Crippen molar-refractivity contribution in [1.29, 1.82) is 0 Å². The quantitative estimate of drug-likeness (QED) is 0.884. The number of benzene rings is 1. The minimum Gasteiger partial charge on any atom is -0.381 e. The lowest BCUT2D eigenvalue weighted by Gasteiger charge is -2.20. The lowest BCUT2D eigenvalue weighted by molar-refractivity contribution is -0.117. The summed E-state index contributed by atoms with van der Waals surface area (Å²) in [5.41, 5.74) is 1.77. The maximum absolute atomic E-state index is 14.3. The highest BCUT2D eigenvalue weighted by Gasteiger charge is 2.34. The van der Waals surface area contributed by atoms with Crippen LogP contribution in [0.15, 0.2) is 30.6 Å². The van der Waals surface area contributed by atoms with Crippen molar-refractivity contribution in [2.45, 2.75) is 32.4 Å². The van der Waals surface area contributed by atoms with Crippen molar-refractivity contribution >= 4 is 23.0 Å². The van der Waals surface area contributed by atoms with Crippen LogP contribution < -0.4 is 15.5 Å². The van der Waals surface area contributed by atoms with Crippen molar-refractivity contribution in [2.24, 2.45) is 7.05 Å². The number of anilines is 3. The highest BCUT2D eigenvalue weighted by Crippen LogP contribution is 2.29. The van der Waals surface area contributed by atoms with Crippen LogP contribution in [-0.2, 0) is 11.8 Å². The maximum atomic E-state index is 14.3. The van der Waals surface area contributed by atoms with Gasteiger partial charge in [-0.1, -0.05) is 6.07 Å². The average molecular weight is 331 g/mol. The number of carbonyl (C=O) groups excluding carboxylic acids is 1. The van der Waals surface area contributed by atoms with Crippen molar-refractivity contribution in [2.75, 3.05) is 22.1 Å². The lowest BCUT2D eigenvalue weighted by atomic mass is 10.2. The number of hydrogen-bond donors (Lipinski definition) is 2. The lowest BCUT2D eigenvalue weighted by Crippen LogP contribution is -2.33. The number of aromatic nitrogens is 2. The molecule has 1 atom stereocenters. The molecule has 0 bridgehead atoms. The topological polar surface area (TPSA) is 62.2 Å². The summed E-state index contributed by atoms with van der Waals surface area (Å²) in [5.74, 6) is -0.435. The molecular weight excluding hydrogens is 309 g/mol. The van der Waals surface area contributed by atoms with Crippen LogP contribution in [0, 0.1) is 5.82 Å². The molecule has 128 valence electrons. The summed E-state index contributed by atoms with van der Waals surface area (Å²) in [5, 5.41) is 10.4. The summed E-state index contributed by atoms with van der Waals surface area (Å²) in [6, 6.07) is 4.58. The number of aryl methyl sites for hydroxylation is 1. The van der Waals surface area contributed by atoms with Crippen LogP contribution in [0.3, 0.4) is 0 Å². The molecule has 7 heteroatoms. The first kappa shape index (κ1) is 16.3. The van der Waals surface area contributed by atoms with Gasteiger partial charge < -0.3 is 15.5 Å². The molecule has 1 aliphatic heterocycles. The molecule has 0 saturated carbocycles. The fourth-order valence-electron chi connectivity index (χ4n) is 2.89. The molecule has 1 unspecified atom stereocenters. The third-order valence-electron chi connectivity index (χ3n) is 3.98. The zero-order chi connectivity index (χ0) is 17.3. The van der Waals surface area contributed by atoms with Gasteiger partial charge in [0.15, 0.2) is 0 Å². The highest BCUT2D eigenvalue weighted by atomic mass is 19.1. The largest absolute Gasteiger partial charge is 0.381 e. The van der Waals surface area contributed by atoms with Gasteiger partial charge in [0.1, 0.15) is 11.9 Å². The Kier molecular flexibility index (Phi) is 4.42. The van der Waals surface area contributed by atoms with E-state index in [1.165, 1.54) is 6.07 Å². The molecule has 1 saturated heterocycles. The van der Waals surface area contributed by atoms with E-state index in [9.17, 15) is 9.18 Å². The molecule has 24 heavy (non-hydrogen) atoms. The SMILES string of the molecule is CC(C)Nc1cccc(F)c1NC1CCN(c2cnn(C)c2)C1=O. The van der Waals surface area contributed by atoms with Gasteiger partial charge in [-0.25, -0.2) is 4.39 Å². The van der Waals surface area contributed by atoms with Crippen LogP contribution in [0.4, 0.5) is 21.5 Å². The average Bonchev–Trinajstić information content (AvgIpc) is 3.09. The van der Waals surface area contributed by atoms with E-state index in [1.54, 1.807) is 28.0 Å². The molecule has 1 fully saturated rings. The van der Waals surface area contributed by atoms with Gasteiger partial charge in [0.2, 0.25) is 5.91 Å². The van der Waals surface area contributed by atoms with E-state index in [2.05, 4.69) is 15.7 Å². The number of rotatable bonds is 5. The molecule has 0 spiro atoms. The number of para-hydroxylation sites is 1.